The molecule has 4 rings (SSSR count). The van der Waals surface area contributed by atoms with Crippen LogP contribution in [0.15, 0.2) is 115 Å². The number of carbonyl (C=O) groups excluding carboxylic acids is 1. The van der Waals surface area contributed by atoms with Crippen molar-refractivity contribution in [2.75, 3.05) is 26.9 Å². The van der Waals surface area contributed by atoms with Crippen molar-refractivity contribution in [2.24, 2.45) is 0 Å². The molecule has 0 saturated carbocycles. The van der Waals surface area contributed by atoms with Gasteiger partial charge in [-0.3, -0.25) is 4.79 Å². The van der Waals surface area contributed by atoms with Gasteiger partial charge in [-0.1, -0.05) is 141 Å². The smallest absolute Gasteiger partial charge is 0.189 e. The topological polar surface area (TPSA) is 44.8 Å². The van der Waals surface area contributed by atoms with Crippen LogP contribution in [0.3, 0.4) is 0 Å². The van der Waals surface area contributed by atoms with Gasteiger partial charge in [0.2, 0.25) is 0 Å². The van der Waals surface area contributed by atoms with Crippen molar-refractivity contribution in [3.8, 4) is 5.75 Å². The maximum atomic E-state index is 13.2. The van der Waals surface area contributed by atoms with Crippen LogP contribution in [0, 0.1) is 0 Å². The van der Waals surface area contributed by atoms with Crippen LogP contribution in [0.5, 0.6) is 5.75 Å². The molecule has 226 valence electrons. The highest BCUT2D eigenvalue weighted by Crippen LogP contribution is 2.41. The molecule has 0 spiro atoms. The Hall–Kier alpha value is -3.38. The van der Waals surface area contributed by atoms with Crippen LogP contribution in [0.4, 0.5) is 0 Å². The summed E-state index contributed by atoms with van der Waals surface area (Å²) in [7, 11) is 1.67. The molecule has 4 nitrogen and oxygen atoms in total. The van der Waals surface area contributed by atoms with Crippen molar-refractivity contribution in [3.63, 3.8) is 0 Å². The first-order valence-electron chi connectivity index (χ1n) is 15.4. The number of unbranched alkanes of at least 4 members (excludes halogenated alkanes) is 3. The zero-order valence-corrected chi connectivity index (χ0v) is 26.3. The second-order valence-corrected chi connectivity index (χ2v) is 12.0. The molecule has 4 aromatic carbocycles. The molecule has 43 heavy (non-hydrogen) atoms. The van der Waals surface area contributed by atoms with Crippen molar-refractivity contribution in [1.82, 2.24) is 0 Å². The third kappa shape index (κ3) is 9.56. The van der Waals surface area contributed by atoms with Crippen molar-refractivity contribution < 1.29 is 19.0 Å². The molecule has 1 atom stereocenters. The lowest BCUT2D eigenvalue weighted by Crippen LogP contribution is -2.36. The largest absolute Gasteiger partial charge is 0.497 e. The van der Waals surface area contributed by atoms with Crippen LogP contribution in [0.1, 0.15) is 61.3 Å². The van der Waals surface area contributed by atoms with E-state index in [1.165, 1.54) is 30.2 Å². The van der Waals surface area contributed by atoms with Crippen LogP contribution in [-0.4, -0.2) is 37.3 Å². The van der Waals surface area contributed by atoms with E-state index in [0.29, 0.717) is 26.2 Å². The van der Waals surface area contributed by atoms with Gasteiger partial charge in [-0.15, -0.1) is 0 Å². The van der Waals surface area contributed by atoms with Crippen molar-refractivity contribution in [3.05, 3.63) is 138 Å². The van der Waals surface area contributed by atoms with E-state index in [0.717, 1.165) is 41.7 Å². The van der Waals surface area contributed by atoms with Crippen molar-refractivity contribution in [2.45, 2.75) is 56.3 Å². The van der Waals surface area contributed by atoms with E-state index in [2.05, 4.69) is 55.5 Å². The van der Waals surface area contributed by atoms with Crippen LogP contribution in [-0.2, 0) is 26.3 Å². The summed E-state index contributed by atoms with van der Waals surface area (Å²) in [5.74, 6) is 0.785. The van der Waals surface area contributed by atoms with Gasteiger partial charge in [-0.05, 0) is 47.2 Å². The predicted molar refractivity (Wildman–Crippen MR) is 178 cm³/mol. The van der Waals surface area contributed by atoms with Gasteiger partial charge < -0.3 is 14.2 Å². The highest BCUT2D eigenvalue weighted by molar-refractivity contribution is 8.14. The molecular weight excluding hydrogens is 552 g/mol. The Bertz CT molecular complexity index is 1290. The van der Waals surface area contributed by atoms with Gasteiger partial charge in [-0.25, -0.2) is 0 Å². The average Bonchev–Trinajstić information content (AvgIpc) is 3.07. The molecule has 0 aromatic heterocycles. The number of aryl methyl sites for hydroxylation is 1. The molecule has 0 saturated heterocycles. The first-order valence-corrected chi connectivity index (χ1v) is 16.2. The van der Waals surface area contributed by atoms with E-state index in [4.69, 9.17) is 14.2 Å². The van der Waals surface area contributed by atoms with E-state index in [9.17, 15) is 4.79 Å². The van der Waals surface area contributed by atoms with E-state index in [-0.39, 0.29) is 10.4 Å². The molecule has 0 N–H and O–H groups in total. The first-order chi connectivity index (χ1) is 21.2. The summed E-state index contributed by atoms with van der Waals surface area (Å²) in [6.45, 7) is 3.69. The highest BCUT2D eigenvalue weighted by Gasteiger charge is 2.38. The molecule has 0 aliphatic heterocycles. The summed E-state index contributed by atoms with van der Waals surface area (Å²) in [5.41, 5.74) is 3.31. The van der Waals surface area contributed by atoms with E-state index in [1.54, 1.807) is 7.11 Å². The van der Waals surface area contributed by atoms with Gasteiger partial charge in [0.05, 0.1) is 25.6 Å². The minimum Gasteiger partial charge on any atom is -0.497 e. The fourth-order valence-corrected chi connectivity index (χ4v) is 6.13. The fraction of sp³-hybridized carbons (Fsp3) is 0.342. The summed E-state index contributed by atoms with van der Waals surface area (Å²) < 4.78 is 18.7. The van der Waals surface area contributed by atoms with Crippen LogP contribution in [0.25, 0.3) is 0 Å². The predicted octanol–water partition coefficient (Wildman–Crippen LogP) is 8.86. The van der Waals surface area contributed by atoms with E-state index in [1.807, 2.05) is 66.7 Å². The number of benzene rings is 4. The van der Waals surface area contributed by atoms with Crippen molar-refractivity contribution >= 4 is 16.9 Å². The molecule has 4 aromatic rings. The fourth-order valence-electron chi connectivity index (χ4n) is 5.24. The van der Waals surface area contributed by atoms with Crippen LogP contribution >= 0.6 is 11.8 Å². The highest BCUT2D eigenvalue weighted by atomic mass is 32.2. The number of methoxy groups -OCH3 is 1. The number of carbonyl (C=O) groups is 1. The standard InChI is InChI=1S/C38H44O4S/c1-3-4-5-15-28-41-29-36(43-37(39)27-22-31-16-9-6-10-17-31)30-42-38(32-18-11-7-12-19-32,33-20-13-8-14-21-33)34-23-25-35(40-2)26-24-34/h6-14,16-21,23-26,36H,3-5,15,22,27-30H2,1-2H3/t36-/m0/s1. The minimum atomic E-state index is -0.887. The van der Waals surface area contributed by atoms with Gasteiger partial charge in [0.15, 0.2) is 5.12 Å². The second-order valence-electron chi connectivity index (χ2n) is 10.7. The third-order valence-electron chi connectivity index (χ3n) is 7.55. The van der Waals surface area contributed by atoms with E-state index < -0.39 is 5.60 Å². The summed E-state index contributed by atoms with van der Waals surface area (Å²) in [5, 5.41) is 0.000928. The molecule has 0 aliphatic rings. The Morgan fingerprint density at radius 3 is 1.88 bits per heavy atom. The maximum absolute atomic E-state index is 13.2. The summed E-state index contributed by atoms with van der Waals surface area (Å²) in [6.07, 6.45) is 5.78. The number of hydrogen-bond acceptors (Lipinski definition) is 5. The first kappa shape index (κ1) is 32.5. The van der Waals surface area contributed by atoms with E-state index >= 15 is 0 Å². The average molecular weight is 597 g/mol. The zero-order valence-electron chi connectivity index (χ0n) is 25.5. The molecule has 0 amide bonds. The second kappa shape index (κ2) is 17.7. The van der Waals surface area contributed by atoms with Gasteiger partial charge >= 0.3 is 0 Å². The number of ether oxygens (including phenoxy) is 3. The number of rotatable bonds is 18. The number of hydrogen-bond donors (Lipinski definition) is 0. The monoisotopic (exact) mass is 596 g/mol. The lowest BCUT2D eigenvalue weighted by atomic mass is 9.80. The third-order valence-corrected chi connectivity index (χ3v) is 8.62. The van der Waals surface area contributed by atoms with Gasteiger partial charge in [0, 0.05) is 13.0 Å². The molecule has 0 bridgehead atoms. The lowest BCUT2D eigenvalue weighted by Gasteiger charge is -2.37. The summed E-state index contributed by atoms with van der Waals surface area (Å²) >= 11 is 1.36. The molecule has 0 aliphatic carbocycles. The molecule has 0 heterocycles. The Morgan fingerprint density at radius 1 is 0.721 bits per heavy atom. The van der Waals surface area contributed by atoms with Crippen molar-refractivity contribution in [1.29, 1.82) is 0 Å². The van der Waals surface area contributed by atoms with Gasteiger partial charge in [0.1, 0.15) is 11.4 Å². The minimum absolute atomic E-state index is 0.153. The SMILES string of the molecule is CCCCCCOC[C@@H](COC(c1ccccc1)(c1ccccc1)c1ccc(OC)cc1)SC(=O)CCc1ccccc1. The molecule has 0 radical (unpaired) electrons. The molecule has 0 unspecified atom stereocenters. The Balaban J connectivity index is 1.60. The Kier molecular flexibility index (Phi) is 13.4. The quantitative estimate of drug-likeness (QED) is 0.0848. The van der Waals surface area contributed by atoms with Crippen LogP contribution in [0.2, 0.25) is 0 Å². The Labute approximate surface area is 261 Å². The molecule has 0 fully saturated rings. The zero-order chi connectivity index (χ0) is 30.2. The lowest BCUT2D eigenvalue weighted by molar-refractivity contribution is -0.111. The summed E-state index contributed by atoms with van der Waals surface area (Å²) in [6, 6.07) is 38.9. The van der Waals surface area contributed by atoms with Gasteiger partial charge in [-0.2, -0.15) is 0 Å². The summed E-state index contributed by atoms with van der Waals surface area (Å²) in [4.78, 5) is 13.2. The van der Waals surface area contributed by atoms with Gasteiger partial charge in [0.25, 0.3) is 0 Å². The number of thioether (sulfide) groups is 1. The van der Waals surface area contributed by atoms with Crippen LogP contribution < -0.4 is 4.74 Å². The molecular formula is C38H44O4S. The normalized spacial score (nSPS) is 12.1. The maximum Gasteiger partial charge on any atom is 0.189 e. The molecule has 5 heteroatoms. The Morgan fingerprint density at radius 2 is 1.30 bits per heavy atom.